The number of Topliss-reactive ketones (excluding diaryl/α,β-unsaturated/α-hetero) is 1. The molecule has 0 radical (unpaired) electrons. The van der Waals surface area contributed by atoms with Crippen molar-refractivity contribution in [2.75, 3.05) is 0 Å². The fraction of sp³-hybridized carbons (Fsp3) is 0.333. The highest BCUT2D eigenvalue weighted by molar-refractivity contribution is 6.00. The van der Waals surface area contributed by atoms with Crippen molar-refractivity contribution in [3.63, 3.8) is 0 Å². The molecule has 0 aliphatic heterocycles. The summed E-state index contributed by atoms with van der Waals surface area (Å²) in [4.78, 5) is 15.6. The van der Waals surface area contributed by atoms with Gasteiger partial charge in [0, 0.05) is 29.9 Å². The highest BCUT2D eigenvalue weighted by Gasteiger charge is 2.37. The van der Waals surface area contributed by atoms with E-state index in [0.717, 1.165) is 18.5 Å². The summed E-state index contributed by atoms with van der Waals surface area (Å²) in [6.45, 7) is 0. The number of aromatic nitrogens is 1. The molecule has 0 spiro atoms. The third-order valence-corrected chi connectivity index (χ3v) is 2.85. The van der Waals surface area contributed by atoms with Crippen molar-refractivity contribution < 1.29 is 18.0 Å². The zero-order valence-corrected chi connectivity index (χ0v) is 9.32. The van der Waals surface area contributed by atoms with Crippen LogP contribution in [0, 0.1) is 5.92 Å². The minimum absolute atomic E-state index is 0.273. The predicted molar refractivity (Wildman–Crippen MR) is 58.8 cm³/mol. The molecule has 0 saturated carbocycles. The Kier molecular flexibility index (Phi) is 3.21. The van der Waals surface area contributed by atoms with Crippen LogP contribution in [0.15, 0.2) is 30.6 Å². The van der Waals surface area contributed by atoms with Crippen LogP contribution < -0.4 is 5.73 Å². The maximum absolute atomic E-state index is 12.7. The molecule has 0 amide bonds. The van der Waals surface area contributed by atoms with Gasteiger partial charge in [-0.05, 0) is 12.5 Å². The van der Waals surface area contributed by atoms with Crippen LogP contribution in [-0.2, 0) is 6.18 Å². The number of allylic oxidation sites excluding steroid dienone is 1. The molecule has 1 aliphatic carbocycles. The topological polar surface area (TPSA) is 56.0 Å². The number of hydrogen-bond acceptors (Lipinski definition) is 3. The first-order valence-electron chi connectivity index (χ1n) is 5.39. The molecule has 2 N–H and O–H groups in total. The van der Waals surface area contributed by atoms with Crippen molar-refractivity contribution >= 4 is 5.78 Å². The molecule has 2 atom stereocenters. The Bertz CT molecular complexity index is 496. The number of rotatable bonds is 2. The number of hydrogen-bond donors (Lipinski definition) is 1. The molecule has 1 aromatic rings. The Labute approximate surface area is 102 Å². The minimum atomic E-state index is -4.56. The zero-order chi connectivity index (χ0) is 13.3. The number of alkyl halides is 3. The van der Waals surface area contributed by atoms with Crippen LogP contribution in [0.25, 0.3) is 0 Å². The lowest BCUT2D eigenvalue weighted by molar-refractivity contribution is -0.138. The van der Waals surface area contributed by atoms with Crippen molar-refractivity contribution in [3.8, 4) is 0 Å². The Balaban J connectivity index is 2.34. The lowest BCUT2D eigenvalue weighted by atomic mass is 9.94. The van der Waals surface area contributed by atoms with E-state index in [0.29, 0.717) is 6.42 Å². The van der Waals surface area contributed by atoms with Gasteiger partial charge in [0.1, 0.15) is 0 Å². The van der Waals surface area contributed by atoms with Gasteiger partial charge in [-0.15, -0.1) is 0 Å². The number of nitrogens with two attached hydrogens (primary N) is 1. The van der Waals surface area contributed by atoms with E-state index >= 15 is 0 Å². The first kappa shape index (κ1) is 12.8. The van der Waals surface area contributed by atoms with Crippen LogP contribution in [-0.4, -0.2) is 16.8 Å². The molecule has 1 aromatic heterocycles. The van der Waals surface area contributed by atoms with Crippen LogP contribution in [0.4, 0.5) is 13.2 Å². The Morgan fingerprint density at radius 2 is 2.11 bits per heavy atom. The number of ketones is 1. The van der Waals surface area contributed by atoms with Gasteiger partial charge in [0.15, 0.2) is 5.78 Å². The van der Waals surface area contributed by atoms with Crippen molar-refractivity contribution in [2.45, 2.75) is 18.6 Å². The summed E-state index contributed by atoms with van der Waals surface area (Å²) in [6.07, 6.45) is 0.953. The fourth-order valence-electron chi connectivity index (χ4n) is 1.96. The monoisotopic (exact) mass is 256 g/mol. The molecule has 0 saturated heterocycles. The summed E-state index contributed by atoms with van der Waals surface area (Å²) in [6, 6.07) is 0.538. The third-order valence-electron chi connectivity index (χ3n) is 2.85. The fourth-order valence-corrected chi connectivity index (χ4v) is 1.96. The molecule has 0 aromatic carbocycles. The minimum Gasteiger partial charge on any atom is -0.324 e. The van der Waals surface area contributed by atoms with Gasteiger partial charge in [0.2, 0.25) is 0 Å². The molecule has 3 nitrogen and oxygen atoms in total. The number of carbonyl (C=O) groups excluding carboxylic acids is 1. The van der Waals surface area contributed by atoms with Crippen LogP contribution in [0.3, 0.4) is 0 Å². The normalized spacial score (nSPS) is 23.3. The van der Waals surface area contributed by atoms with E-state index in [1.807, 2.05) is 0 Å². The number of pyridine rings is 1. The molecular formula is C12H11F3N2O. The molecule has 1 aliphatic rings. The van der Waals surface area contributed by atoms with Gasteiger partial charge in [0.25, 0.3) is 0 Å². The van der Waals surface area contributed by atoms with Gasteiger partial charge in [-0.2, -0.15) is 13.2 Å². The van der Waals surface area contributed by atoms with Crippen molar-refractivity contribution in [1.29, 1.82) is 0 Å². The highest BCUT2D eigenvalue weighted by Crippen LogP contribution is 2.33. The quantitative estimate of drug-likeness (QED) is 0.651. The standard InChI is InChI=1S/C12H11F3N2O/c13-12(14,15)10-3-4-17-6-9(10)11(18)7-1-2-8(16)5-7/h1-4,6-8H,5,16H2. The summed E-state index contributed by atoms with van der Waals surface area (Å²) >= 11 is 0. The van der Waals surface area contributed by atoms with Crippen LogP contribution in [0.5, 0.6) is 0 Å². The second-order valence-electron chi connectivity index (χ2n) is 4.17. The molecular weight excluding hydrogens is 245 g/mol. The van der Waals surface area contributed by atoms with Crippen molar-refractivity contribution in [2.24, 2.45) is 11.7 Å². The average Bonchev–Trinajstić information content (AvgIpc) is 2.74. The number of nitrogens with zero attached hydrogens (tertiary/aromatic N) is 1. The molecule has 96 valence electrons. The molecule has 0 bridgehead atoms. The summed E-state index contributed by atoms with van der Waals surface area (Å²) in [5, 5.41) is 0. The molecule has 1 heterocycles. The van der Waals surface area contributed by atoms with E-state index < -0.39 is 29.0 Å². The SMILES string of the molecule is NC1C=CC(C(=O)c2cnccc2C(F)(F)F)C1. The number of carbonyl (C=O) groups is 1. The Morgan fingerprint density at radius 3 is 2.67 bits per heavy atom. The summed E-state index contributed by atoms with van der Waals surface area (Å²) < 4.78 is 38.2. The van der Waals surface area contributed by atoms with E-state index in [4.69, 9.17) is 5.73 Å². The summed E-state index contributed by atoms with van der Waals surface area (Å²) in [5.74, 6) is -1.18. The average molecular weight is 256 g/mol. The smallest absolute Gasteiger partial charge is 0.324 e. The summed E-state index contributed by atoms with van der Waals surface area (Å²) in [7, 11) is 0. The van der Waals surface area contributed by atoms with Crippen LogP contribution in [0.1, 0.15) is 22.3 Å². The summed E-state index contributed by atoms with van der Waals surface area (Å²) in [5.41, 5.74) is 4.25. The zero-order valence-electron chi connectivity index (χ0n) is 9.32. The van der Waals surface area contributed by atoms with E-state index in [9.17, 15) is 18.0 Å². The molecule has 18 heavy (non-hydrogen) atoms. The first-order chi connectivity index (χ1) is 8.39. The van der Waals surface area contributed by atoms with Crippen LogP contribution in [0.2, 0.25) is 0 Å². The maximum Gasteiger partial charge on any atom is 0.417 e. The second kappa shape index (κ2) is 4.53. The highest BCUT2D eigenvalue weighted by atomic mass is 19.4. The lowest BCUT2D eigenvalue weighted by Crippen LogP contribution is -2.21. The van der Waals surface area contributed by atoms with Gasteiger partial charge >= 0.3 is 6.18 Å². The van der Waals surface area contributed by atoms with Gasteiger partial charge in [-0.25, -0.2) is 0 Å². The molecule has 6 heteroatoms. The molecule has 2 rings (SSSR count). The lowest BCUT2D eigenvalue weighted by Gasteiger charge is -2.14. The first-order valence-corrected chi connectivity index (χ1v) is 5.39. The molecule has 2 unspecified atom stereocenters. The van der Waals surface area contributed by atoms with Gasteiger partial charge in [0.05, 0.1) is 5.56 Å². The van der Waals surface area contributed by atoms with E-state index in [-0.39, 0.29) is 6.04 Å². The van der Waals surface area contributed by atoms with Crippen LogP contribution >= 0.6 is 0 Å². The second-order valence-corrected chi connectivity index (χ2v) is 4.17. The molecule has 0 fully saturated rings. The van der Waals surface area contributed by atoms with Crippen molar-refractivity contribution in [1.82, 2.24) is 4.98 Å². The Hall–Kier alpha value is -1.69. The third kappa shape index (κ3) is 2.43. The number of halogens is 3. The van der Waals surface area contributed by atoms with E-state index in [2.05, 4.69) is 4.98 Å². The van der Waals surface area contributed by atoms with Gasteiger partial charge in [-0.1, -0.05) is 12.2 Å². The van der Waals surface area contributed by atoms with E-state index in [1.165, 1.54) is 0 Å². The predicted octanol–water partition coefficient (Wildman–Crippen LogP) is 2.19. The Morgan fingerprint density at radius 1 is 1.39 bits per heavy atom. The largest absolute Gasteiger partial charge is 0.417 e. The van der Waals surface area contributed by atoms with Gasteiger partial charge in [-0.3, -0.25) is 9.78 Å². The van der Waals surface area contributed by atoms with E-state index in [1.54, 1.807) is 12.2 Å². The van der Waals surface area contributed by atoms with Crippen molar-refractivity contribution in [3.05, 3.63) is 41.7 Å². The maximum atomic E-state index is 12.7. The van der Waals surface area contributed by atoms with Gasteiger partial charge < -0.3 is 5.73 Å².